The maximum absolute atomic E-state index is 13.0. The van der Waals surface area contributed by atoms with E-state index < -0.39 is 11.0 Å². The Kier molecular flexibility index (Phi) is 10.9. The molecule has 220 valence electrons. The van der Waals surface area contributed by atoms with Gasteiger partial charge in [-0.2, -0.15) is 0 Å². The lowest BCUT2D eigenvalue weighted by Gasteiger charge is -2.43. The first-order valence-electron chi connectivity index (χ1n) is 14.9. The van der Waals surface area contributed by atoms with Gasteiger partial charge in [-0.05, 0) is 92.8 Å². The highest BCUT2D eigenvalue weighted by Crippen LogP contribution is 2.43. The van der Waals surface area contributed by atoms with Gasteiger partial charge in [0.1, 0.15) is 16.7 Å². The summed E-state index contributed by atoms with van der Waals surface area (Å²) in [6.45, 7) is 10.0. The van der Waals surface area contributed by atoms with Crippen LogP contribution in [0.3, 0.4) is 0 Å². The van der Waals surface area contributed by atoms with Crippen molar-refractivity contribution in [3.8, 4) is 5.75 Å². The molecule has 5 atom stereocenters. The summed E-state index contributed by atoms with van der Waals surface area (Å²) < 4.78 is 21.4. The molecular weight excluding hydrogens is 544 g/mol. The van der Waals surface area contributed by atoms with Crippen LogP contribution >= 0.6 is 11.6 Å². The van der Waals surface area contributed by atoms with Crippen molar-refractivity contribution in [2.75, 3.05) is 24.6 Å². The number of anilines is 1. The molecule has 2 aliphatic rings. The molecule has 1 saturated carbocycles. The van der Waals surface area contributed by atoms with Gasteiger partial charge in [0.25, 0.3) is 5.91 Å². The number of hydrogen-bond acceptors (Lipinski definition) is 5. The summed E-state index contributed by atoms with van der Waals surface area (Å²) in [5.41, 5.74) is 3.85. The van der Waals surface area contributed by atoms with Gasteiger partial charge in [-0.1, -0.05) is 50.8 Å². The number of fused-ring (bicyclic) bond motifs is 1. The van der Waals surface area contributed by atoms with E-state index in [4.69, 9.17) is 16.3 Å². The molecule has 5 unspecified atom stereocenters. The minimum atomic E-state index is -1.45. The lowest BCUT2D eigenvalue weighted by molar-refractivity contribution is 0.00960. The number of nitrogens with zero attached hydrogens (tertiary/aromatic N) is 1. The standard InChI is InChI=1S/C32H45ClN2O4S/c1-5-7-9-30(36)28-13-10-24(28)18-35-19-25(27-14-12-26(33)16-22(27)8-6-2)20-39-31-15-11-23(17-29(31)35)32(37)34-40(38)21(3)4/h11-12,14-17,21,24-25,28,30,36H,5-10,13,18-20H2,1-4H3,(H,34,37). The highest BCUT2D eigenvalue weighted by atomic mass is 35.5. The minimum Gasteiger partial charge on any atom is -0.491 e. The Morgan fingerprint density at radius 1 is 1.18 bits per heavy atom. The molecule has 8 heteroatoms. The SMILES string of the molecule is CCCCC(O)C1CCC1CN1CC(c2ccc(Cl)cc2CCC)COc2ccc(C(=O)NS(=O)C(C)C)cc21. The quantitative estimate of drug-likeness (QED) is 0.290. The second kappa shape index (κ2) is 14.2. The first-order chi connectivity index (χ1) is 19.2. The van der Waals surface area contributed by atoms with Crippen LogP contribution < -0.4 is 14.4 Å². The van der Waals surface area contributed by atoms with E-state index in [0.29, 0.717) is 24.0 Å². The third kappa shape index (κ3) is 7.40. The number of aliphatic hydroxyl groups is 1. The van der Waals surface area contributed by atoms with Gasteiger partial charge in [0, 0.05) is 34.8 Å². The predicted octanol–water partition coefficient (Wildman–Crippen LogP) is 6.65. The Bertz CT molecular complexity index is 1190. The van der Waals surface area contributed by atoms with Gasteiger partial charge in [0.15, 0.2) is 0 Å². The van der Waals surface area contributed by atoms with Crippen LogP contribution in [0.15, 0.2) is 36.4 Å². The largest absolute Gasteiger partial charge is 0.491 e. The van der Waals surface area contributed by atoms with Gasteiger partial charge in [-0.15, -0.1) is 0 Å². The number of carbonyl (C=O) groups is 1. The highest BCUT2D eigenvalue weighted by Gasteiger charge is 2.38. The van der Waals surface area contributed by atoms with Crippen molar-refractivity contribution < 1.29 is 18.8 Å². The summed E-state index contributed by atoms with van der Waals surface area (Å²) >= 11 is 6.38. The summed E-state index contributed by atoms with van der Waals surface area (Å²) in [5, 5.41) is 11.5. The summed E-state index contributed by atoms with van der Waals surface area (Å²) in [7, 11) is -1.45. The molecule has 2 N–H and O–H groups in total. The summed E-state index contributed by atoms with van der Waals surface area (Å²) in [6.07, 6.45) is 6.82. The summed E-state index contributed by atoms with van der Waals surface area (Å²) in [6, 6.07) is 11.7. The second-order valence-corrected chi connectivity index (χ2v) is 13.9. The Hall–Kier alpha value is -2.09. The van der Waals surface area contributed by atoms with Crippen LogP contribution in [0, 0.1) is 11.8 Å². The third-order valence-electron chi connectivity index (χ3n) is 8.41. The van der Waals surface area contributed by atoms with E-state index in [1.807, 2.05) is 32.0 Å². The molecule has 2 aromatic carbocycles. The van der Waals surface area contributed by atoms with Crippen LogP contribution in [-0.4, -0.2) is 46.3 Å². The molecular formula is C32H45ClN2O4S. The number of amides is 1. The molecule has 0 spiro atoms. The normalized spacial score (nSPS) is 22.1. The Morgan fingerprint density at radius 2 is 1.98 bits per heavy atom. The average Bonchev–Trinajstić information content (AvgIpc) is 3.09. The molecule has 1 aliphatic heterocycles. The molecule has 40 heavy (non-hydrogen) atoms. The van der Waals surface area contributed by atoms with Crippen LogP contribution in [0.4, 0.5) is 5.69 Å². The van der Waals surface area contributed by atoms with Crippen molar-refractivity contribution in [3.63, 3.8) is 0 Å². The maximum atomic E-state index is 13.0. The van der Waals surface area contributed by atoms with E-state index in [-0.39, 0.29) is 23.2 Å². The molecule has 0 bridgehead atoms. The highest BCUT2D eigenvalue weighted by molar-refractivity contribution is 7.84. The van der Waals surface area contributed by atoms with E-state index in [2.05, 4.69) is 35.6 Å². The maximum Gasteiger partial charge on any atom is 0.263 e. The lowest BCUT2D eigenvalue weighted by Crippen LogP contribution is -2.44. The van der Waals surface area contributed by atoms with Gasteiger partial charge in [0.2, 0.25) is 0 Å². The third-order valence-corrected chi connectivity index (χ3v) is 9.89. The van der Waals surface area contributed by atoms with Gasteiger partial charge >= 0.3 is 0 Å². The van der Waals surface area contributed by atoms with Crippen molar-refractivity contribution in [3.05, 3.63) is 58.1 Å². The van der Waals surface area contributed by atoms with E-state index >= 15 is 0 Å². The van der Waals surface area contributed by atoms with Crippen molar-refractivity contribution in [2.24, 2.45) is 11.8 Å². The van der Waals surface area contributed by atoms with Gasteiger partial charge in [-0.25, -0.2) is 4.21 Å². The zero-order valence-electron chi connectivity index (χ0n) is 24.3. The molecule has 1 fully saturated rings. The second-order valence-electron chi connectivity index (χ2n) is 11.7. The molecule has 0 radical (unpaired) electrons. The smallest absolute Gasteiger partial charge is 0.263 e. The number of benzene rings is 2. The van der Waals surface area contributed by atoms with Crippen LogP contribution in [0.25, 0.3) is 0 Å². The monoisotopic (exact) mass is 588 g/mol. The van der Waals surface area contributed by atoms with E-state index in [1.165, 1.54) is 11.1 Å². The Balaban J connectivity index is 1.65. The van der Waals surface area contributed by atoms with E-state index in [9.17, 15) is 14.1 Å². The van der Waals surface area contributed by atoms with Crippen molar-refractivity contribution in [1.82, 2.24) is 4.72 Å². The zero-order valence-corrected chi connectivity index (χ0v) is 25.9. The molecule has 6 nitrogen and oxygen atoms in total. The van der Waals surface area contributed by atoms with Crippen molar-refractivity contribution in [1.29, 1.82) is 0 Å². The number of rotatable bonds is 12. The lowest BCUT2D eigenvalue weighted by atomic mass is 9.69. The molecule has 1 amide bonds. The number of halogens is 1. The summed E-state index contributed by atoms with van der Waals surface area (Å²) in [5.74, 6) is 1.20. The number of nitrogens with one attached hydrogen (secondary N) is 1. The molecule has 0 saturated heterocycles. The first kappa shape index (κ1) is 30.9. The van der Waals surface area contributed by atoms with E-state index in [0.717, 1.165) is 74.5 Å². The fourth-order valence-corrected chi connectivity index (χ4v) is 6.69. The molecule has 1 aliphatic carbocycles. The number of ether oxygens (including phenoxy) is 1. The van der Waals surface area contributed by atoms with Gasteiger partial charge in [-0.3, -0.25) is 9.52 Å². The van der Waals surface area contributed by atoms with Crippen LogP contribution in [0.1, 0.15) is 93.6 Å². The Labute approximate surface area is 247 Å². The van der Waals surface area contributed by atoms with Crippen LogP contribution in [0.5, 0.6) is 5.75 Å². The van der Waals surface area contributed by atoms with Gasteiger partial charge < -0.3 is 14.7 Å². The Morgan fingerprint density at radius 3 is 2.65 bits per heavy atom. The topological polar surface area (TPSA) is 78.9 Å². The molecule has 0 aromatic heterocycles. The van der Waals surface area contributed by atoms with Crippen LogP contribution in [-0.2, 0) is 17.4 Å². The van der Waals surface area contributed by atoms with Gasteiger partial charge in [0.05, 0.1) is 18.4 Å². The predicted molar refractivity (Wildman–Crippen MR) is 165 cm³/mol. The fourth-order valence-electron chi connectivity index (χ4n) is 5.96. The number of aryl methyl sites for hydroxylation is 1. The fraction of sp³-hybridized carbons (Fsp3) is 0.594. The molecule has 4 rings (SSSR count). The number of aliphatic hydroxyl groups excluding tert-OH is 1. The summed E-state index contributed by atoms with van der Waals surface area (Å²) in [4.78, 5) is 15.4. The van der Waals surface area contributed by atoms with E-state index in [1.54, 1.807) is 6.07 Å². The number of carbonyl (C=O) groups excluding carboxylic acids is 1. The van der Waals surface area contributed by atoms with Crippen LogP contribution in [0.2, 0.25) is 5.02 Å². The first-order valence-corrected chi connectivity index (χ1v) is 16.5. The number of unbranched alkanes of at least 4 members (excludes halogenated alkanes) is 1. The molecule has 2 aromatic rings. The molecule has 1 heterocycles. The average molecular weight is 589 g/mol. The zero-order chi connectivity index (χ0) is 28.8. The minimum absolute atomic E-state index is 0.125. The van der Waals surface area contributed by atoms with Crippen molar-refractivity contribution in [2.45, 2.75) is 89.9 Å². The van der Waals surface area contributed by atoms with Crippen molar-refractivity contribution >= 4 is 34.2 Å². The number of hydrogen-bond donors (Lipinski definition) is 2.